The number of methoxy groups -OCH3 is 1. The van der Waals surface area contributed by atoms with Gasteiger partial charge < -0.3 is 19.5 Å². The second-order valence-electron chi connectivity index (χ2n) is 9.52. The number of alkyl halides is 6. The normalized spacial score (nSPS) is 14.4. The molecule has 1 aromatic heterocycles. The van der Waals surface area contributed by atoms with Crippen LogP contribution in [-0.2, 0) is 4.79 Å². The molecule has 0 spiro atoms. The van der Waals surface area contributed by atoms with Gasteiger partial charge >= 0.3 is 18.6 Å². The average Bonchev–Trinajstić information content (AvgIpc) is 3.64. The van der Waals surface area contributed by atoms with Crippen LogP contribution in [0.3, 0.4) is 0 Å². The first kappa shape index (κ1) is 33.1. The van der Waals surface area contributed by atoms with Crippen LogP contribution in [0.15, 0.2) is 78.0 Å². The predicted molar refractivity (Wildman–Crippen MR) is 159 cm³/mol. The van der Waals surface area contributed by atoms with Crippen LogP contribution in [-0.4, -0.2) is 63.9 Å². The molecule has 47 heavy (non-hydrogen) atoms. The molecule has 0 unspecified atom stereocenters. The molecule has 1 N–H and O–H groups in total. The Morgan fingerprint density at radius 2 is 1.70 bits per heavy atom. The summed E-state index contributed by atoms with van der Waals surface area (Å²) < 4.78 is 91.0. The number of urea groups is 1. The summed E-state index contributed by atoms with van der Waals surface area (Å²) in [4.78, 5) is 34.9. The number of thioether (sulfide) groups is 1. The first-order chi connectivity index (χ1) is 22.3. The summed E-state index contributed by atoms with van der Waals surface area (Å²) >= 11 is 0.959. The number of carbonyl (C=O) groups excluding carboxylic acids is 2. The van der Waals surface area contributed by atoms with Crippen molar-refractivity contribution in [3.05, 3.63) is 73.1 Å². The predicted octanol–water partition coefficient (Wildman–Crippen LogP) is 6.84. The minimum Gasteiger partial charge on any atom is -0.497 e. The largest absolute Gasteiger partial charge is 0.573 e. The highest BCUT2D eigenvalue weighted by molar-refractivity contribution is 8.15. The SMILES string of the molecule is COc1ccc(OCCC(F)(F)F)c(N2C(=O)CSC2=NC(=O)Nc2ccc(-c3ncn(-c4ccc(OC(F)(F)F)cc4)n3)cc2)c1. The number of hydrogen-bond donors (Lipinski definition) is 1. The second kappa shape index (κ2) is 13.6. The number of nitrogens with zero attached hydrogens (tertiary/aromatic N) is 5. The van der Waals surface area contributed by atoms with Crippen LogP contribution >= 0.6 is 11.8 Å². The Kier molecular flexibility index (Phi) is 9.59. The van der Waals surface area contributed by atoms with Gasteiger partial charge in [-0.3, -0.25) is 9.69 Å². The highest BCUT2D eigenvalue weighted by Gasteiger charge is 2.34. The van der Waals surface area contributed by atoms with E-state index in [1.54, 1.807) is 24.3 Å². The Bertz CT molecular complexity index is 1780. The molecule has 0 bridgehead atoms. The molecule has 0 aliphatic carbocycles. The molecule has 3 aromatic carbocycles. The Morgan fingerprint density at radius 1 is 1.00 bits per heavy atom. The molecule has 18 heteroatoms. The van der Waals surface area contributed by atoms with Gasteiger partial charge in [0.15, 0.2) is 11.0 Å². The number of aliphatic imine (C=N–C) groups is 1. The van der Waals surface area contributed by atoms with E-state index in [1.165, 1.54) is 48.5 Å². The molecule has 2 heterocycles. The molecule has 1 fully saturated rings. The molecule has 1 aliphatic heterocycles. The Hall–Kier alpha value is -5.26. The zero-order chi connectivity index (χ0) is 33.8. The number of amidine groups is 1. The molecule has 4 aromatic rings. The lowest BCUT2D eigenvalue weighted by molar-refractivity contribution is -0.274. The van der Waals surface area contributed by atoms with Gasteiger partial charge in [0.2, 0.25) is 5.91 Å². The third kappa shape index (κ3) is 8.72. The van der Waals surface area contributed by atoms with E-state index in [4.69, 9.17) is 9.47 Å². The topological polar surface area (TPSA) is 120 Å². The summed E-state index contributed by atoms with van der Waals surface area (Å²) in [7, 11) is 1.37. The molecule has 246 valence electrons. The van der Waals surface area contributed by atoms with Crippen molar-refractivity contribution < 1.29 is 50.1 Å². The first-order valence-corrected chi connectivity index (χ1v) is 14.4. The van der Waals surface area contributed by atoms with Crippen molar-refractivity contribution in [1.82, 2.24) is 14.8 Å². The van der Waals surface area contributed by atoms with Gasteiger partial charge in [-0.15, -0.1) is 18.3 Å². The van der Waals surface area contributed by atoms with E-state index in [0.29, 0.717) is 28.5 Å². The van der Waals surface area contributed by atoms with Gasteiger partial charge in [0, 0.05) is 17.3 Å². The number of hydrogen-bond acceptors (Lipinski definition) is 8. The van der Waals surface area contributed by atoms with Crippen molar-refractivity contribution in [2.75, 3.05) is 29.7 Å². The number of amides is 3. The van der Waals surface area contributed by atoms with Crippen molar-refractivity contribution in [1.29, 1.82) is 0 Å². The summed E-state index contributed by atoms with van der Waals surface area (Å²) in [5.74, 6) is -0.374. The van der Waals surface area contributed by atoms with Crippen LogP contribution in [0.2, 0.25) is 0 Å². The molecule has 0 saturated carbocycles. The van der Waals surface area contributed by atoms with Gasteiger partial charge in [-0.25, -0.2) is 14.5 Å². The molecule has 3 amide bonds. The van der Waals surface area contributed by atoms with Crippen molar-refractivity contribution >= 4 is 40.2 Å². The van der Waals surface area contributed by atoms with E-state index in [0.717, 1.165) is 28.8 Å². The monoisotopic (exact) mass is 680 g/mol. The minimum absolute atomic E-state index is 0.0224. The average molecular weight is 681 g/mol. The molecule has 1 aliphatic rings. The van der Waals surface area contributed by atoms with Gasteiger partial charge in [-0.2, -0.15) is 18.2 Å². The highest BCUT2D eigenvalue weighted by Crippen LogP contribution is 2.38. The molecule has 0 radical (unpaired) electrons. The Balaban J connectivity index is 1.27. The van der Waals surface area contributed by atoms with E-state index < -0.39 is 37.5 Å². The lowest BCUT2D eigenvalue weighted by Crippen LogP contribution is -2.31. The molecule has 11 nitrogen and oxygen atoms in total. The van der Waals surface area contributed by atoms with E-state index in [9.17, 15) is 35.9 Å². The van der Waals surface area contributed by atoms with Crippen molar-refractivity contribution in [3.63, 3.8) is 0 Å². The van der Waals surface area contributed by atoms with Crippen LogP contribution in [0.25, 0.3) is 17.1 Å². The quantitative estimate of drug-likeness (QED) is 0.191. The number of ether oxygens (including phenoxy) is 3. The summed E-state index contributed by atoms with van der Waals surface area (Å²) in [5, 5.41) is 6.88. The lowest BCUT2D eigenvalue weighted by atomic mass is 10.2. The van der Waals surface area contributed by atoms with Crippen molar-refractivity contribution in [2.45, 2.75) is 19.0 Å². The number of aromatic nitrogens is 3. The van der Waals surface area contributed by atoms with Crippen LogP contribution in [0.5, 0.6) is 17.2 Å². The number of halogens is 6. The van der Waals surface area contributed by atoms with Gasteiger partial charge in [0.1, 0.15) is 23.6 Å². The van der Waals surface area contributed by atoms with Gasteiger partial charge in [-0.05, 0) is 60.7 Å². The van der Waals surface area contributed by atoms with Crippen molar-refractivity contribution in [2.24, 2.45) is 4.99 Å². The fourth-order valence-electron chi connectivity index (χ4n) is 4.14. The number of carbonyl (C=O) groups is 2. The second-order valence-corrected chi connectivity index (χ2v) is 10.5. The standard InChI is InChI=1S/C29H22F6N6O5S/c1-44-21-10-11-23(45-13-12-28(30,31)32)22(14-21)41-24(42)15-47-27(41)38-26(43)37-18-4-2-17(3-5-18)25-36-16-40(39-25)19-6-8-20(9-7-19)46-29(33,34)35/h2-11,14,16H,12-13,15H2,1H3,(H,37,43). The third-order valence-corrected chi connectivity index (χ3v) is 7.16. The molecule has 1 saturated heterocycles. The molecular weight excluding hydrogens is 658 g/mol. The molecule has 0 atom stereocenters. The fourth-order valence-corrected chi connectivity index (χ4v) is 5.00. The van der Waals surface area contributed by atoms with Crippen LogP contribution < -0.4 is 24.4 Å². The molecule has 5 rings (SSSR count). The van der Waals surface area contributed by atoms with Gasteiger partial charge in [0.05, 0.1) is 37.3 Å². The van der Waals surface area contributed by atoms with Crippen LogP contribution in [0, 0.1) is 0 Å². The maximum atomic E-state index is 12.8. The van der Waals surface area contributed by atoms with Crippen LogP contribution in [0.4, 0.5) is 42.5 Å². The lowest BCUT2D eigenvalue weighted by Gasteiger charge is -2.21. The number of benzene rings is 3. The zero-order valence-electron chi connectivity index (χ0n) is 24.0. The molecular formula is C29H22F6N6O5S. The smallest absolute Gasteiger partial charge is 0.497 e. The zero-order valence-corrected chi connectivity index (χ0v) is 24.8. The van der Waals surface area contributed by atoms with Crippen LogP contribution in [0.1, 0.15) is 6.42 Å². The summed E-state index contributed by atoms with van der Waals surface area (Å²) in [5.41, 5.74) is 1.40. The van der Waals surface area contributed by atoms with E-state index in [1.807, 2.05) is 0 Å². The Morgan fingerprint density at radius 3 is 2.36 bits per heavy atom. The fraction of sp³-hybridized carbons (Fsp3) is 0.207. The maximum absolute atomic E-state index is 12.8. The van der Waals surface area contributed by atoms with E-state index >= 15 is 0 Å². The van der Waals surface area contributed by atoms with E-state index in [2.05, 4.69) is 25.1 Å². The third-order valence-electron chi connectivity index (χ3n) is 6.23. The Labute approximate surface area is 266 Å². The number of rotatable bonds is 9. The summed E-state index contributed by atoms with van der Waals surface area (Å²) in [6, 6.07) is 14.8. The van der Waals surface area contributed by atoms with Crippen molar-refractivity contribution in [3.8, 4) is 34.3 Å². The number of nitrogens with one attached hydrogen (secondary N) is 1. The van der Waals surface area contributed by atoms with Gasteiger partial charge in [0.25, 0.3) is 0 Å². The van der Waals surface area contributed by atoms with E-state index in [-0.39, 0.29) is 28.1 Å². The summed E-state index contributed by atoms with van der Waals surface area (Å²) in [6.45, 7) is -0.690. The summed E-state index contributed by atoms with van der Waals surface area (Å²) in [6.07, 6.45) is -9.08. The van der Waals surface area contributed by atoms with Gasteiger partial charge in [-0.1, -0.05) is 11.8 Å². The first-order valence-electron chi connectivity index (χ1n) is 13.4. The highest BCUT2D eigenvalue weighted by atomic mass is 32.2. The minimum atomic E-state index is -4.81. The maximum Gasteiger partial charge on any atom is 0.573 e. The number of anilines is 2.